The Balaban J connectivity index is 1.34. The van der Waals surface area contributed by atoms with E-state index in [0.717, 1.165) is 29.3 Å². The fourth-order valence-corrected chi connectivity index (χ4v) is 3.30. The van der Waals surface area contributed by atoms with Crippen molar-refractivity contribution in [3.05, 3.63) is 71.1 Å². The molecular weight excluding hydrogens is 378 g/mol. The smallest absolute Gasteiger partial charge is 0.254 e. The molecule has 1 saturated heterocycles. The van der Waals surface area contributed by atoms with Gasteiger partial charge >= 0.3 is 0 Å². The van der Waals surface area contributed by atoms with Gasteiger partial charge in [0.15, 0.2) is 0 Å². The summed E-state index contributed by atoms with van der Waals surface area (Å²) in [5.74, 6) is -0.836. The number of piperazine rings is 1. The number of halogens is 2. The molecule has 6 nitrogen and oxygen atoms in total. The predicted molar refractivity (Wildman–Crippen MR) is 102 cm³/mol. The fourth-order valence-electron chi connectivity index (χ4n) is 3.30. The highest BCUT2D eigenvalue weighted by Gasteiger charge is 2.24. The van der Waals surface area contributed by atoms with Gasteiger partial charge in [-0.05, 0) is 19.1 Å². The summed E-state index contributed by atoms with van der Waals surface area (Å²) in [6, 6.07) is 10.8. The minimum Gasteiger partial charge on any atom is -0.338 e. The van der Waals surface area contributed by atoms with Crippen LogP contribution < -0.4 is 0 Å². The lowest BCUT2D eigenvalue weighted by Gasteiger charge is -2.34. The molecule has 1 aliphatic heterocycles. The molecule has 1 aliphatic rings. The van der Waals surface area contributed by atoms with Crippen molar-refractivity contribution in [1.29, 1.82) is 0 Å². The molecule has 0 bridgehead atoms. The van der Waals surface area contributed by atoms with Crippen molar-refractivity contribution >= 4 is 5.91 Å². The molecule has 2 heterocycles. The van der Waals surface area contributed by atoms with Gasteiger partial charge in [0, 0.05) is 43.4 Å². The molecule has 3 aromatic rings. The van der Waals surface area contributed by atoms with Crippen molar-refractivity contribution < 1.29 is 18.1 Å². The van der Waals surface area contributed by atoms with Gasteiger partial charge in [-0.2, -0.15) is 4.98 Å². The Kier molecular flexibility index (Phi) is 5.35. The maximum atomic E-state index is 13.4. The molecule has 1 amide bonds. The van der Waals surface area contributed by atoms with Gasteiger partial charge in [0.25, 0.3) is 5.91 Å². The van der Waals surface area contributed by atoms with Crippen molar-refractivity contribution in [2.45, 2.75) is 13.5 Å². The van der Waals surface area contributed by atoms with Gasteiger partial charge in [-0.1, -0.05) is 35.0 Å². The van der Waals surface area contributed by atoms with Crippen LogP contribution in [-0.4, -0.2) is 52.0 Å². The van der Waals surface area contributed by atoms with E-state index >= 15 is 0 Å². The lowest BCUT2D eigenvalue weighted by Crippen LogP contribution is -2.48. The molecule has 0 unspecified atom stereocenters. The van der Waals surface area contributed by atoms with E-state index < -0.39 is 11.6 Å². The number of amides is 1. The Morgan fingerprint density at radius 1 is 1.03 bits per heavy atom. The molecule has 4 rings (SSSR count). The SMILES string of the molecule is Cc1ccc(-c2noc(CN3CCN(C(=O)c4cc(F)cc(F)c4)CC3)n2)cc1. The lowest BCUT2D eigenvalue weighted by atomic mass is 10.1. The summed E-state index contributed by atoms with van der Waals surface area (Å²) in [6.07, 6.45) is 0. The van der Waals surface area contributed by atoms with Crippen molar-refractivity contribution in [3.8, 4) is 11.4 Å². The van der Waals surface area contributed by atoms with Gasteiger partial charge in [0.05, 0.1) is 6.54 Å². The van der Waals surface area contributed by atoms with E-state index in [-0.39, 0.29) is 11.5 Å². The van der Waals surface area contributed by atoms with Crippen LogP contribution in [0.3, 0.4) is 0 Å². The first-order chi connectivity index (χ1) is 14.0. The first-order valence-corrected chi connectivity index (χ1v) is 9.35. The third-order valence-electron chi connectivity index (χ3n) is 4.91. The zero-order valence-corrected chi connectivity index (χ0v) is 15.9. The summed E-state index contributed by atoms with van der Waals surface area (Å²) in [7, 11) is 0. The van der Waals surface area contributed by atoms with E-state index in [1.807, 2.05) is 31.2 Å². The number of aryl methyl sites for hydroxylation is 1. The van der Waals surface area contributed by atoms with E-state index in [9.17, 15) is 13.6 Å². The molecule has 1 fully saturated rings. The van der Waals surface area contributed by atoms with Crippen LogP contribution in [0, 0.1) is 18.6 Å². The molecule has 0 atom stereocenters. The molecule has 2 aromatic carbocycles. The minimum absolute atomic E-state index is 0.0237. The van der Waals surface area contributed by atoms with E-state index in [2.05, 4.69) is 15.0 Å². The second-order valence-corrected chi connectivity index (χ2v) is 7.10. The zero-order chi connectivity index (χ0) is 20.4. The second kappa shape index (κ2) is 8.08. The number of carbonyl (C=O) groups is 1. The molecule has 8 heteroatoms. The molecule has 0 N–H and O–H groups in total. The molecule has 150 valence electrons. The molecule has 0 aliphatic carbocycles. The third-order valence-corrected chi connectivity index (χ3v) is 4.91. The van der Waals surface area contributed by atoms with Gasteiger partial charge in [-0.3, -0.25) is 9.69 Å². The lowest BCUT2D eigenvalue weighted by molar-refractivity contribution is 0.0614. The monoisotopic (exact) mass is 398 g/mol. The molecule has 1 aromatic heterocycles. The third kappa shape index (κ3) is 4.48. The first kappa shape index (κ1) is 19.2. The topological polar surface area (TPSA) is 62.5 Å². The quantitative estimate of drug-likeness (QED) is 0.675. The molecular formula is C21H20F2N4O2. The van der Waals surface area contributed by atoms with Crippen molar-refractivity contribution in [3.63, 3.8) is 0 Å². The summed E-state index contributed by atoms with van der Waals surface area (Å²) in [5, 5.41) is 4.03. The van der Waals surface area contributed by atoms with Gasteiger partial charge in [-0.15, -0.1) is 0 Å². The van der Waals surface area contributed by atoms with Crippen LogP contribution in [0.4, 0.5) is 8.78 Å². The Morgan fingerprint density at radius 3 is 2.34 bits per heavy atom. The second-order valence-electron chi connectivity index (χ2n) is 7.10. The zero-order valence-electron chi connectivity index (χ0n) is 15.9. The van der Waals surface area contributed by atoms with Gasteiger partial charge in [0.2, 0.25) is 11.7 Å². The fraction of sp³-hybridized carbons (Fsp3) is 0.286. The Bertz CT molecular complexity index is 992. The van der Waals surface area contributed by atoms with Crippen LogP contribution in [0.5, 0.6) is 0 Å². The largest absolute Gasteiger partial charge is 0.338 e. The average Bonchev–Trinajstić information content (AvgIpc) is 3.16. The highest BCUT2D eigenvalue weighted by Crippen LogP contribution is 2.18. The number of rotatable bonds is 4. The Morgan fingerprint density at radius 2 is 1.69 bits per heavy atom. The summed E-state index contributed by atoms with van der Waals surface area (Å²) >= 11 is 0. The standard InChI is InChI=1S/C21H20F2N4O2/c1-14-2-4-15(5-3-14)20-24-19(29-25-20)13-26-6-8-27(9-7-26)21(28)16-10-17(22)12-18(23)11-16/h2-5,10-12H,6-9,13H2,1H3. The number of benzene rings is 2. The van der Waals surface area contributed by atoms with Crippen LogP contribution in [0.25, 0.3) is 11.4 Å². The Labute approximate surface area is 166 Å². The normalized spacial score (nSPS) is 14.9. The van der Waals surface area contributed by atoms with E-state index in [0.29, 0.717) is 44.4 Å². The number of nitrogens with zero attached hydrogens (tertiary/aromatic N) is 4. The van der Waals surface area contributed by atoms with E-state index in [1.54, 1.807) is 4.90 Å². The maximum Gasteiger partial charge on any atom is 0.254 e. The highest BCUT2D eigenvalue weighted by atomic mass is 19.1. The molecule has 0 saturated carbocycles. The minimum atomic E-state index is -0.757. The molecule has 29 heavy (non-hydrogen) atoms. The van der Waals surface area contributed by atoms with Crippen LogP contribution in [0.1, 0.15) is 21.8 Å². The highest BCUT2D eigenvalue weighted by molar-refractivity contribution is 5.94. The van der Waals surface area contributed by atoms with Crippen LogP contribution in [0.2, 0.25) is 0 Å². The van der Waals surface area contributed by atoms with Crippen LogP contribution >= 0.6 is 0 Å². The van der Waals surface area contributed by atoms with Crippen molar-refractivity contribution in [1.82, 2.24) is 19.9 Å². The van der Waals surface area contributed by atoms with E-state index in [4.69, 9.17) is 4.52 Å². The van der Waals surface area contributed by atoms with E-state index in [1.165, 1.54) is 0 Å². The first-order valence-electron chi connectivity index (χ1n) is 9.35. The number of carbonyl (C=O) groups excluding carboxylic acids is 1. The molecule has 0 spiro atoms. The number of hydrogen-bond donors (Lipinski definition) is 0. The van der Waals surface area contributed by atoms with Crippen LogP contribution in [-0.2, 0) is 6.54 Å². The van der Waals surface area contributed by atoms with Gasteiger partial charge < -0.3 is 9.42 Å². The number of hydrogen-bond acceptors (Lipinski definition) is 5. The predicted octanol–water partition coefficient (Wildman–Crippen LogP) is 3.28. The average molecular weight is 398 g/mol. The van der Waals surface area contributed by atoms with Gasteiger partial charge in [0.1, 0.15) is 11.6 Å². The summed E-state index contributed by atoms with van der Waals surface area (Å²) in [4.78, 5) is 20.6. The number of aromatic nitrogens is 2. The van der Waals surface area contributed by atoms with Gasteiger partial charge in [-0.25, -0.2) is 8.78 Å². The maximum absolute atomic E-state index is 13.4. The summed E-state index contributed by atoms with van der Waals surface area (Å²) in [6.45, 7) is 4.61. The van der Waals surface area contributed by atoms with Crippen molar-refractivity contribution in [2.75, 3.05) is 26.2 Å². The van der Waals surface area contributed by atoms with Crippen LogP contribution in [0.15, 0.2) is 47.0 Å². The summed E-state index contributed by atoms with van der Waals surface area (Å²) < 4.78 is 32.1. The van der Waals surface area contributed by atoms with Crippen molar-refractivity contribution in [2.24, 2.45) is 0 Å². The molecule has 0 radical (unpaired) electrons. The Hall–Kier alpha value is -3.13. The summed E-state index contributed by atoms with van der Waals surface area (Å²) in [5.41, 5.74) is 2.07.